The number of nitrogens with two attached hydrogens (primary N) is 1. The molecular formula is C7H4BrF2N3O2S. The summed E-state index contributed by atoms with van der Waals surface area (Å²) in [5, 5.41) is 13.3. The smallest absolute Gasteiger partial charge is 0.229 e. The van der Waals surface area contributed by atoms with Crippen LogP contribution in [0.5, 0.6) is 0 Å². The third kappa shape index (κ3) is 2.52. The lowest BCUT2D eigenvalue weighted by Crippen LogP contribution is -2.16. The van der Waals surface area contributed by atoms with Gasteiger partial charge >= 0.3 is 0 Å². The maximum atomic E-state index is 12.6. The van der Waals surface area contributed by atoms with Crippen molar-refractivity contribution in [2.75, 3.05) is 0 Å². The Kier molecular flexibility index (Phi) is 3.57. The largest absolute Gasteiger partial charge is 0.265 e. The van der Waals surface area contributed by atoms with Crippen molar-refractivity contribution in [3.8, 4) is 6.07 Å². The summed E-state index contributed by atoms with van der Waals surface area (Å²) in [5.74, 6) is 0. The minimum absolute atomic E-state index is 0.324. The van der Waals surface area contributed by atoms with Gasteiger partial charge in [-0.15, -0.1) is 0 Å². The molecule has 0 fully saturated rings. The first kappa shape index (κ1) is 13.0. The van der Waals surface area contributed by atoms with E-state index in [9.17, 15) is 17.2 Å². The van der Waals surface area contributed by atoms with Crippen LogP contribution in [0.1, 0.15) is 17.7 Å². The number of pyridine rings is 1. The molecule has 5 nitrogen and oxygen atoms in total. The zero-order valence-electron chi connectivity index (χ0n) is 7.49. The average Bonchev–Trinajstić information content (AvgIpc) is 2.14. The number of hydrogen-bond donors (Lipinski definition) is 1. The van der Waals surface area contributed by atoms with Gasteiger partial charge in [0, 0.05) is 5.56 Å². The van der Waals surface area contributed by atoms with Crippen molar-refractivity contribution in [1.82, 2.24) is 4.98 Å². The Labute approximate surface area is 98.1 Å². The van der Waals surface area contributed by atoms with Crippen LogP contribution in [0.3, 0.4) is 0 Å². The number of rotatable bonds is 2. The number of nitrogens with zero attached hydrogens (tertiary/aromatic N) is 2. The van der Waals surface area contributed by atoms with E-state index in [1.807, 2.05) is 0 Å². The molecule has 0 unspecified atom stereocenters. The number of halogens is 3. The van der Waals surface area contributed by atoms with E-state index in [2.05, 4.69) is 20.9 Å². The fraction of sp³-hybridized carbons (Fsp3) is 0.143. The van der Waals surface area contributed by atoms with Crippen molar-refractivity contribution in [3.05, 3.63) is 21.9 Å². The molecule has 0 saturated heterocycles. The number of primary sulfonamides is 1. The predicted octanol–water partition coefficient (Wildman–Crippen LogP) is 1.30. The summed E-state index contributed by atoms with van der Waals surface area (Å²) >= 11 is 2.69. The van der Waals surface area contributed by atoms with Crippen molar-refractivity contribution in [2.24, 2.45) is 5.14 Å². The van der Waals surface area contributed by atoms with Gasteiger partial charge in [0.15, 0.2) is 0 Å². The molecule has 0 saturated carbocycles. The summed E-state index contributed by atoms with van der Waals surface area (Å²) in [5.41, 5.74) is -1.17. The van der Waals surface area contributed by atoms with E-state index < -0.39 is 31.5 Å². The van der Waals surface area contributed by atoms with Crippen LogP contribution in [-0.2, 0) is 10.0 Å². The van der Waals surface area contributed by atoms with Crippen LogP contribution in [-0.4, -0.2) is 13.4 Å². The quantitative estimate of drug-likeness (QED) is 0.832. The van der Waals surface area contributed by atoms with Crippen LogP contribution in [0.4, 0.5) is 8.78 Å². The first-order valence-electron chi connectivity index (χ1n) is 3.69. The summed E-state index contributed by atoms with van der Waals surface area (Å²) in [6.07, 6.45) is -3.07. The zero-order valence-corrected chi connectivity index (χ0v) is 9.89. The minimum atomic E-state index is -4.33. The maximum absolute atomic E-state index is 12.6. The van der Waals surface area contributed by atoms with E-state index in [1.165, 1.54) is 6.07 Å². The highest BCUT2D eigenvalue weighted by atomic mass is 79.9. The molecule has 0 atom stereocenters. The highest BCUT2D eigenvalue weighted by molar-refractivity contribution is 9.10. The van der Waals surface area contributed by atoms with Crippen LogP contribution in [0.15, 0.2) is 15.6 Å². The molecule has 0 aliphatic rings. The number of sulfonamides is 1. The van der Waals surface area contributed by atoms with Gasteiger partial charge in [0.05, 0.1) is 0 Å². The Morgan fingerprint density at radius 2 is 2.12 bits per heavy atom. The number of nitriles is 1. The molecule has 16 heavy (non-hydrogen) atoms. The van der Waals surface area contributed by atoms with Gasteiger partial charge in [-0.3, -0.25) is 0 Å². The molecule has 0 spiro atoms. The van der Waals surface area contributed by atoms with Crippen LogP contribution in [0, 0.1) is 11.3 Å². The van der Waals surface area contributed by atoms with Crippen LogP contribution in [0.2, 0.25) is 0 Å². The molecule has 0 aliphatic heterocycles. The monoisotopic (exact) mass is 311 g/mol. The highest BCUT2D eigenvalue weighted by Gasteiger charge is 2.25. The van der Waals surface area contributed by atoms with Gasteiger partial charge < -0.3 is 0 Å². The average molecular weight is 312 g/mol. The lowest BCUT2D eigenvalue weighted by atomic mass is 10.2. The summed E-state index contributed by atoms with van der Waals surface area (Å²) in [6.45, 7) is 0. The highest BCUT2D eigenvalue weighted by Crippen LogP contribution is 2.30. The summed E-state index contributed by atoms with van der Waals surface area (Å²) in [6, 6.07) is 2.22. The molecule has 0 aliphatic carbocycles. The topological polar surface area (TPSA) is 96.8 Å². The molecule has 1 aromatic rings. The van der Waals surface area contributed by atoms with Gasteiger partial charge in [-0.2, -0.15) is 5.26 Å². The number of hydrogen-bond acceptors (Lipinski definition) is 4. The van der Waals surface area contributed by atoms with Crippen molar-refractivity contribution >= 4 is 26.0 Å². The Morgan fingerprint density at radius 3 is 2.50 bits per heavy atom. The van der Waals surface area contributed by atoms with E-state index in [1.54, 1.807) is 0 Å². The molecule has 0 radical (unpaired) electrons. The fourth-order valence-corrected chi connectivity index (χ4v) is 2.88. The molecule has 9 heteroatoms. The summed E-state index contributed by atoms with van der Waals surface area (Å²) in [7, 11) is -4.33. The molecule has 2 N–H and O–H groups in total. The number of aromatic nitrogens is 1. The molecule has 1 rings (SSSR count). The van der Waals surface area contributed by atoms with Gasteiger partial charge in [-0.05, 0) is 22.0 Å². The van der Waals surface area contributed by atoms with Gasteiger partial charge in [0.2, 0.25) is 10.0 Å². The van der Waals surface area contributed by atoms with Crippen molar-refractivity contribution < 1.29 is 17.2 Å². The molecule has 1 heterocycles. The SMILES string of the molecule is N#Cc1cc(C(F)F)c(S(N)(=O)=O)c(Br)n1. The molecule has 0 bridgehead atoms. The second kappa shape index (κ2) is 4.40. The number of alkyl halides is 2. The molecule has 0 amide bonds. The van der Waals surface area contributed by atoms with E-state index in [0.717, 1.165) is 0 Å². The van der Waals surface area contributed by atoms with Crippen molar-refractivity contribution in [1.29, 1.82) is 5.26 Å². The van der Waals surface area contributed by atoms with Crippen molar-refractivity contribution in [2.45, 2.75) is 11.3 Å². The predicted molar refractivity (Wildman–Crippen MR) is 53.0 cm³/mol. The first-order valence-corrected chi connectivity index (χ1v) is 6.02. The van der Waals surface area contributed by atoms with E-state index in [-0.39, 0.29) is 5.69 Å². The van der Waals surface area contributed by atoms with Crippen LogP contribution in [0.25, 0.3) is 0 Å². The normalized spacial score (nSPS) is 11.5. The van der Waals surface area contributed by atoms with Crippen LogP contribution < -0.4 is 5.14 Å². The second-order valence-electron chi connectivity index (χ2n) is 2.67. The molecule has 0 aromatic carbocycles. The van der Waals surface area contributed by atoms with E-state index >= 15 is 0 Å². The van der Waals surface area contributed by atoms with Crippen molar-refractivity contribution in [3.63, 3.8) is 0 Å². The fourth-order valence-electron chi connectivity index (χ4n) is 1.02. The van der Waals surface area contributed by atoms with Gasteiger partial charge in [-0.1, -0.05) is 0 Å². The maximum Gasteiger partial charge on any atom is 0.265 e. The Hall–Kier alpha value is -1.11. The molecule has 1 aromatic heterocycles. The minimum Gasteiger partial charge on any atom is -0.229 e. The van der Waals surface area contributed by atoms with E-state index in [4.69, 9.17) is 10.4 Å². The second-order valence-corrected chi connectivity index (χ2v) is 4.92. The third-order valence-electron chi connectivity index (χ3n) is 1.59. The van der Waals surface area contributed by atoms with Gasteiger partial charge in [0.25, 0.3) is 6.43 Å². The van der Waals surface area contributed by atoms with Crippen LogP contribution >= 0.6 is 15.9 Å². The standard InChI is InChI=1S/C7H4BrF2N3O2S/c8-6-5(16(12,14)15)4(7(9)10)1-3(2-11)13-6/h1,7H,(H2,12,14,15). The van der Waals surface area contributed by atoms with Gasteiger partial charge in [-0.25, -0.2) is 27.3 Å². The van der Waals surface area contributed by atoms with E-state index in [0.29, 0.717) is 6.07 Å². The first-order chi connectivity index (χ1) is 7.27. The summed E-state index contributed by atoms with van der Waals surface area (Å²) < 4.78 is 46.9. The molecule has 86 valence electrons. The van der Waals surface area contributed by atoms with Gasteiger partial charge in [0.1, 0.15) is 21.3 Å². The molecular weight excluding hydrogens is 308 g/mol. The summed E-state index contributed by atoms with van der Waals surface area (Å²) in [4.78, 5) is 2.66. The third-order valence-corrected chi connectivity index (χ3v) is 3.43. The lowest BCUT2D eigenvalue weighted by Gasteiger charge is -2.08. The Balaban J connectivity index is 3.68. The lowest BCUT2D eigenvalue weighted by molar-refractivity contribution is 0.147. The Bertz CT molecular complexity index is 568. The Morgan fingerprint density at radius 1 is 1.56 bits per heavy atom. The zero-order chi connectivity index (χ0) is 12.5.